The largest absolute Gasteiger partial charge is 0.313 e. The molecule has 0 radical (unpaired) electrons. The van der Waals surface area contributed by atoms with Crippen LogP contribution in [0.4, 0.5) is 0 Å². The molecular formula is C16H30N2. The molecule has 0 heterocycles. The van der Waals surface area contributed by atoms with Gasteiger partial charge in [0.15, 0.2) is 0 Å². The van der Waals surface area contributed by atoms with Crippen molar-refractivity contribution in [2.75, 3.05) is 20.1 Å². The van der Waals surface area contributed by atoms with Crippen LogP contribution < -0.4 is 5.32 Å². The van der Waals surface area contributed by atoms with Crippen LogP contribution >= 0.6 is 0 Å². The van der Waals surface area contributed by atoms with Gasteiger partial charge in [0.1, 0.15) is 0 Å². The SMILES string of the molecule is CCC(C)N(C)CCNC(C)C1CC2C=CC1C2. The monoisotopic (exact) mass is 250 g/mol. The van der Waals surface area contributed by atoms with Gasteiger partial charge in [-0.1, -0.05) is 19.1 Å². The molecule has 5 unspecified atom stereocenters. The van der Waals surface area contributed by atoms with Gasteiger partial charge in [0.25, 0.3) is 0 Å². The Morgan fingerprint density at radius 2 is 2.06 bits per heavy atom. The molecule has 0 saturated heterocycles. The van der Waals surface area contributed by atoms with Crippen LogP contribution in [0.15, 0.2) is 12.2 Å². The third-order valence-electron chi connectivity index (χ3n) is 5.25. The summed E-state index contributed by atoms with van der Waals surface area (Å²) in [6.45, 7) is 9.24. The lowest BCUT2D eigenvalue weighted by atomic mass is 9.87. The molecule has 5 atom stereocenters. The minimum absolute atomic E-state index is 0.676. The van der Waals surface area contributed by atoms with Crippen LogP contribution in [0.2, 0.25) is 0 Å². The van der Waals surface area contributed by atoms with Crippen molar-refractivity contribution < 1.29 is 0 Å². The zero-order valence-corrected chi connectivity index (χ0v) is 12.5. The molecule has 0 aromatic heterocycles. The predicted molar refractivity (Wildman–Crippen MR) is 78.7 cm³/mol. The Morgan fingerprint density at radius 3 is 2.61 bits per heavy atom. The standard InChI is InChI=1S/C16H30N2/c1-5-12(2)18(4)9-8-17-13(3)16-11-14-6-7-15(16)10-14/h6-7,12-17H,5,8-11H2,1-4H3. The van der Waals surface area contributed by atoms with Crippen LogP contribution in [-0.2, 0) is 0 Å². The Morgan fingerprint density at radius 1 is 1.28 bits per heavy atom. The van der Waals surface area contributed by atoms with Crippen molar-refractivity contribution in [2.45, 2.75) is 52.1 Å². The van der Waals surface area contributed by atoms with Crippen molar-refractivity contribution in [3.8, 4) is 0 Å². The van der Waals surface area contributed by atoms with Gasteiger partial charge in [-0.3, -0.25) is 0 Å². The summed E-state index contributed by atoms with van der Waals surface area (Å²) >= 11 is 0. The number of nitrogens with zero attached hydrogens (tertiary/aromatic N) is 1. The molecule has 1 fully saturated rings. The van der Waals surface area contributed by atoms with E-state index in [0.717, 1.165) is 30.8 Å². The lowest BCUT2D eigenvalue weighted by Crippen LogP contribution is -2.41. The van der Waals surface area contributed by atoms with E-state index in [1.165, 1.54) is 19.3 Å². The number of hydrogen-bond acceptors (Lipinski definition) is 2. The van der Waals surface area contributed by atoms with Crippen LogP contribution in [-0.4, -0.2) is 37.1 Å². The highest BCUT2D eigenvalue weighted by molar-refractivity contribution is 5.11. The topological polar surface area (TPSA) is 15.3 Å². The van der Waals surface area contributed by atoms with Gasteiger partial charge in [0.2, 0.25) is 0 Å². The van der Waals surface area contributed by atoms with Crippen molar-refractivity contribution in [2.24, 2.45) is 17.8 Å². The number of hydrogen-bond donors (Lipinski definition) is 1. The highest BCUT2D eigenvalue weighted by Crippen LogP contribution is 2.44. The summed E-state index contributed by atoms with van der Waals surface area (Å²) in [4.78, 5) is 2.46. The van der Waals surface area contributed by atoms with E-state index in [0.29, 0.717) is 12.1 Å². The van der Waals surface area contributed by atoms with Gasteiger partial charge >= 0.3 is 0 Å². The van der Waals surface area contributed by atoms with E-state index in [9.17, 15) is 0 Å². The first-order chi connectivity index (χ1) is 8.61. The highest BCUT2D eigenvalue weighted by atomic mass is 15.1. The molecule has 0 aliphatic heterocycles. The number of allylic oxidation sites excluding steroid dienone is 2. The van der Waals surface area contributed by atoms with E-state index in [4.69, 9.17) is 0 Å². The van der Waals surface area contributed by atoms with E-state index in [1.54, 1.807) is 0 Å². The molecule has 0 aromatic rings. The van der Waals surface area contributed by atoms with Gasteiger partial charge < -0.3 is 10.2 Å². The molecule has 2 rings (SSSR count). The van der Waals surface area contributed by atoms with Crippen LogP contribution in [0.5, 0.6) is 0 Å². The van der Waals surface area contributed by atoms with Crippen LogP contribution in [0.25, 0.3) is 0 Å². The maximum Gasteiger partial charge on any atom is 0.0107 e. The Hall–Kier alpha value is -0.340. The lowest BCUT2D eigenvalue weighted by molar-refractivity contribution is 0.239. The summed E-state index contributed by atoms with van der Waals surface area (Å²) in [5, 5.41) is 3.74. The number of likely N-dealkylation sites (N-methyl/N-ethyl adjacent to an activating group) is 1. The summed E-state index contributed by atoms with van der Waals surface area (Å²) in [6, 6.07) is 1.38. The van der Waals surface area contributed by atoms with Gasteiger partial charge in [-0.2, -0.15) is 0 Å². The second kappa shape index (κ2) is 6.21. The summed E-state index contributed by atoms with van der Waals surface area (Å²) in [7, 11) is 2.24. The quantitative estimate of drug-likeness (QED) is 0.699. The fourth-order valence-corrected chi connectivity index (χ4v) is 3.55. The van der Waals surface area contributed by atoms with E-state index < -0.39 is 0 Å². The minimum atomic E-state index is 0.676. The van der Waals surface area contributed by atoms with Crippen molar-refractivity contribution in [3.05, 3.63) is 12.2 Å². The molecule has 2 aliphatic rings. The zero-order valence-electron chi connectivity index (χ0n) is 12.5. The molecule has 2 heteroatoms. The molecule has 1 N–H and O–H groups in total. The number of nitrogens with one attached hydrogen (secondary N) is 1. The fraction of sp³-hybridized carbons (Fsp3) is 0.875. The zero-order chi connectivity index (χ0) is 13.1. The van der Waals surface area contributed by atoms with Crippen molar-refractivity contribution >= 4 is 0 Å². The first kappa shape index (κ1) is 14.1. The van der Waals surface area contributed by atoms with E-state index >= 15 is 0 Å². The predicted octanol–water partition coefficient (Wildman–Crippen LogP) is 2.91. The van der Waals surface area contributed by atoms with Crippen molar-refractivity contribution in [1.29, 1.82) is 0 Å². The molecule has 2 nitrogen and oxygen atoms in total. The van der Waals surface area contributed by atoms with Gasteiger partial charge in [-0.15, -0.1) is 0 Å². The average Bonchev–Trinajstić information content (AvgIpc) is 2.99. The van der Waals surface area contributed by atoms with E-state index in [2.05, 4.69) is 50.2 Å². The van der Waals surface area contributed by atoms with Crippen molar-refractivity contribution in [1.82, 2.24) is 10.2 Å². The highest BCUT2D eigenvalue weighted by Gasteiger charge is 2.38. The van der Waals surface area contributed by atoms with Gasteiger partial charge in [-0.25, -0.2) is 0 Å². The summed E-state index contributed by atoms with van der Waals surface area (Å²) in [5.41, 5.74) is 0. The van der Waals surface area contributed by atoms with E-state index in [1.807, 2.05) is 0 Å². The van der Waals surface area contributed by atoms with Gasteiger partial charge in [-0.05, 0) is 57.9 Å². The minimum Gasteiger partial charge on any atom is -0.313 e. The molecule has 2 bridgehead atoms. The second-order valence-corrected chi connectivity index (χ2v) is 6.42. The Kier molecular flexibility index (Phi) is 4.85. The van der Waals surface area contributed by atoms with Gasteiger partial charge in [0.05, 0.1) is 0 Å². The lowest BCUT2D eigenvalue weighted by Gasteiger charge is -2.28. The molecule has 18 heavy (non-hydrogen) atoms. The molecule has 0 spiro atoms. The van der Waals surface area contributed by atoms with Crippen LogP contribution in [0.1, 0.15) is 40.0 Å². The summed E-state index contributed by atoms with van der Waals surface area (Å²) < 4.78 is 0. The first-order valence-electron chi connectivity index (χ1n) is 7.73. The summed E-state index contributed by atoms with van der Waals surface area (Å²) in [6.07, 6.45) is 8.97. The molecular weight excluding hydrogens is 220 g/mol. The molecule has 1 saturated carbocycles. The maximum absolute atomic E-state index is 3.74. The Labute approximate surface area is 113 Å². The Bertz CT molecular complexity index is 287. The Balaban J connectivity index is 1.66. The molecule has 2 aliphatic carbocycles. The molecule has 104 valence electrons. The first-order valence-corrected chi connectivity index (χ1v) is 7.73. The van der Waals surface area contributed by atoms with Gasteiger partial charge in [0, 0.05) is 25.2 Å². The fourth-order valence-electron chi connectivity index (χ4n) is 3.55. The molecule has 0 amide bonds. The van der Waals surface area contributed by atoms with Crippen molar-refractivity contribution in [3.63, 3.8) is 0 Å². The second-order valence-electron chi connectivity index (χ2n) is 6.42. The third kappa shape index (κ3) is 3.16. The average molecular weight is 250 g/mol. The van der Waals surface area contributed by atoms with E-state index in [-0.39, 0.29) is 0 Å². The third-order valence-corrected chi connectivity index (χ3v) is 5.25. The van der Waals surface area contributed by atoms with Crippen LogP contribution in [0, 0.1) is 17.8 Å². The number of rotatable bonds is 7. The number of fused-ring (bicyclic) bond motifs is 2. The van der Waals surface area contributed by atoms with Crippen LogP contribution in [0.3, 0.4) is 0 Å². The smallest absolute Gasteiger partial charge is 0.0107 e. The maximum atomic E-state index is 3.74. The molecule has 0 aromatic carbocycles. The summed E-state index contributed by atoms with van der Waals surface area (Å²) in [5.74, 6) is 2.64. The normalized spacial score (nSPS) is 33.3.